The molecule has 0 heterocycles. The molecule has 0 N–H and O–H groups in total. The standard InChI is InChI=1S/C64H114O6/c1-4-7-10-13-16-19-22-25-28-30-32-34-36-39-42-45-48-51-54-57-63(66)69-60-61(59-68-62(65)56-53-50-47-44-41-38-27-24-21-18-15-12-9-6-3)70-64(67)58-55-52-49-46-43-40-37-35-33-31-29-26-23-20-17-14-11-8-5-2/h9,12,16,18-19,21-22,25,27,38,61H,4-8,10-11,13-15,17,20,23-24,26,28-37,39-60H2,1-3H3/b12-9-,19-16-,21-18-,25-22-,38-27-. The Labute approximate surface area is 434 Å². The first-order valence-corrected chi connectivity index (χ1v) is 30.3. The summed E-state index contributed by atoms with van der Waals surface area (Å²) in [4.78, 5) is 38.2. The number of hydrogen-bond donors (Lipinski definition) is 0. The largest absolute Gasteiger partial charge is 0.462 e. The molecular formula is C64H114O6. The lowest BCUT2D eigenvalue weighted by molar-refractivity contribution is -0.167. The molecular weight excluding hydrogens is 865 g/mol. The van der Waals surface area contributed by atoms with E-state index < -0.39 is 6.10 Å². The SMILES string of the molecule is CC/C=C\C/C=C\C/C=C\CCCCCCC(=O)OCC(COC(=O)CCCCCCCCCCCC/C=C\C=C/CCCCC)OC(=O)CCCCCCCCCCCCCCCCCCCCC. The molecule has 0 aliphatic carbocycles. The van der Waals surface area contributed by atoms with Crippen molar-refractivity contribution in [3.8, 4) is 0 Å². The Morgan fingerprint density at radius 1 is 0.314 bits per heavy atom. The van der Waals surface area contributed by atoms with Gasteiger partial charge in [-0.25, -0.2) is 0 Å². The van der Waals surface area contributed by atoms with Crippen LogP contribution < -0.4 is 0 Å². The Morgan fingerprint density at radius 3 is 0.986 bits per heavy atom. The smallest absolute Gasteiger partial charge is 0.306 e. The highest BCUT2D eigenvalue weighted by atomic mass is 16.6. The topological polar surface area (TPSA) is 78.9 Å². The Kier molecular flexibility index (Phi) is 56.3. The molecule has 0 aliphatic heterocycles. The molecule has 1 atom stereocenters. The molecule has 0 aromatic heterocycles. The van der Waals surface area contributed by atoms with Crippen LogP contribution in [0, 0.1) is 0 Å². The van der Waals surface area contributed by atoms with Crippen molar-refractivity contribution in [2.45, 2.75) is 316 Å². The van der Waals surface area contributed by atoms with Gasteiger partial charge in [0.05, 0.1) is 0 Å². The van der Waals surface area contributed by atoms with Gasteiger partial charge in [0, 0.05) is 19.3 Å². The molecule has 406 valence electrons. The highest BCUT2D eigenvalue weighted by molar-refractivity contribution is 5.71. The van der Waals surface area contributed by atoms with E-state index in [1.807, 2.05) is 0 Å². The molecule has 1 unspecified atom stereocenters. The average molecular weight is 980 g/mol. The summed E-state index contributed by atoms with van der Waals surface area (Å²) in [6, 6.07) is 0. The number of carbonyl (C=O) groups is 3. The maximum absolute atomic E-state index is 12.9. The number of unbranched alkanes of at least 4 members (excludes halogenated alkanes) is 35. The van der Waals surface area contributed by atoms with Gasteiger partial charge in [0.15, 0.2) is 6.10 Å². The van der Waals surface area contributed by atoms with E-state index in [0.717, 1.165) is 89.9 Å². The lowest BCUT2D eigenvalue weighted by Gasteiger charge is -2.18. The van der Waals surface area contributed by atoms with Crippen LogP contribution in [-0.4, -0.2) is 37.2 Å². The van der Waals surface area contributed by atoms with Crippen molar-refractivity contribution >= 4 is 17.9 Å². The van der Waals surface area contributed by atoms with Crippen LogP contribution in [0.25, 0.3) is 0 Å². The third-order valence-electron chi connectivity index (χ3n) is 13.3. The predicted octanol–water partition coefficient (Wildman–Crippen LogP) is 20.4. The summed E-state index contributed by atoms with van der Waals surface area (Å²) in [5.74, 6) is -0.891. The quantitative estimate of drug-likeness (QED) is 0.0199. The molecule has 6 heteroatoms. The molecule has 0 aromatic carbocycles. The van der Waals surface area contributed by atoms with Crippen LogP contribution in [0.15, 0.2) is 60.8 Å². The molecule has 0 aliphatic rings. The van der Waals surface area contributed by atoms with Crippen molar-refractivity contribution in [2.24, 2.45) is 0 Å². The maximum atomic E-state index is 12.9. The van der Waals surface area contributed by atoms with Gasteiger partial charge < -0.3 is 14.2 Å². The highest BCUT2D eigenvalue weighted by Crippen LogP contribution is 2.17. The van der Waals surface area contributed by atoms with Gasteiger partial charge in [0.25, 0.3) is 0 Å². The fraction of sp³-hybridized carbons (Fsp3) is 0.797. The second-order valence-electron chi connectivity index (χ2n) is 20.3. The molecule has 0 radical (unpaired) electrons. The highest BCUT2D eigenvalue weighted by Gasteiger charge is 2.19. The van der Waals surface area contributed by atoms with Crippen LogP contribution in [-0.2, 0) is 28.6 Å². The second-order valence-corrected chi connectivity index (χ2v) is 20.3. The van der Waals surface area contributed by atoms with Gasteiger partial charge in [-0.05, 0) is 77.0 Å². The third kappa shape index (κ3) is 56.0. The number of ether oxygens (including phenoxy) is 3. The van der Waals surface area contributed by atoms with Crippen molar-refractivity contribution in [1.82, 2.24) is 0 Å². The maximum Gasteiger partial charge on any atom is 0.306 e. The number of esters is 3. The minimum atomic E-state index is -0.783. The Balaban J connectivity index is 4.35. The van der Waals surface area contributed by atoms with Crippen LogP contribution in [0.2, 0.25) is 0 Å². The molecule has 0 rings (SSSR count). The van der Waals surface area contributed by atoms with Crippen LogP contribution in [0.1, 0.15) is 310 Å². The number of allylic oxidation sites excluding steroid dienone is 10. The van der Waals surface area contributed by atoms with Gasteiger partial charge in [-0.1, -0.05) is 274 Å². The van der Waals surface area contributed by atoms with Gasteiger partial charge in [-0.2, -0.15) is 0 Å². The normalized spacial score (nSPS) is 12.4. The molecule has 0 amide bonds. The zero-order valence-corrected chi connectivity index (χ0v) is 46.5. The number of carbonyl (C=O) groups excluding carboxylic acids is 3. The van der Waals surface area contributed by atoms with E-state index in [9.17, 15) is 14.4 Å². The van der Waals surface area contributed by atoms with E-state index >= 15 is 0 Å². The molecule has 0 aromatic rings. The van der Waals surface area contributed by atoms with E-state index in [0.29, 0.717) is 19.3 Å². The molecule has 70 heavy (non-hydrogen) atoms. The lowest BCUT2D eigenvalue weighted by atomic mass is 10.0. The van der Waals surface area contributed by atoms with Crippen LogP contribution in [0.3, 0.4) is 0 Å². The first kappa shape index (κ1) is 67.1. The first-order valence-electron chi connectivity index (χ1n) is 30.3. The summed E-state index contributed by atoms with van der Waals surface area (Å²) in [7, 11) is 0. The van der Waals surface area contributed by atoms with E-state index in [1.54, 1.807) is 0 Å². The Hall–Kier alpha value is -2.89. The summed E-state index contributed by atoms with van der Waals surface area (Å²) in [6.07, 6.45) is 73.6. The zero-order valence-electron chi connectivity index (χ0n) is 46.5. The number of hydrogen-bond acceptors (Lipinski definition) is 6. The molecule has 6 nitrogen and oxygen atoms in total. The molecule has 0 saturated heterocycles. The fourth-order valence-electron chi connectivity index (χ4n) is 8.74. The Bertz CT molecular complexity index is 1260. The van der Waals surface area contributed by atoms with Crippen LogP contribution >= 0.6 is 0 Å². The van der Waals surface area contributed by atoms with Crippen molar-refractivity contribution in [1.29, 1.82) is 0 Å². The summed E-state index contributed by atoms with van der Waals surface area (Å²) in [5, 5.41) is 0. The van der Waals surface area contributed by atoms with Crippen molar-refractivity contribution < 1.29 is 28.6 Å². The Morgan fingerprint density at radius 2 is 0.600 bits per heavy atom. The molecule has 0 spiro atoms. The van der Waals surface area contributed by atoms with E-state index in [1.165, 1.54) is 180 Å². The summed E-state index contributed by atoms with van der Waals surface area (Å²) in [6.45, 7) is 6.52. The monoisotopic (exact) mass is 979 g/mol. The molecule has 0 fully saturated rings. The van der Waals surface area contributed by atoms with Gasteiger partial charge in [0.1, 0.15) is 13.2 Å². The summed E-state index contributed by atoms with van der Waals surface area (Å²) < 4.78 is 16.9. The van der Waals surface area contributed by atoms with E-state index in [2.05, 4.69) is 81.5 Å². The van der Waals surface area contributed by atoms with E-state index in [4.69, 9.17) is 14.2 Å². The average Bonchev–Trinajstić information content (AvgIpc) is 3.36. The van der Waals surface area contributed by atoms with Gasteiger partial charge >= 0.3 is 17.9 Å². The zero-order chi connectivity index (χ0) is 50.7. The minimum Gasteiger partial charge on any atom is -0.462 e. The van der Waals surface area contributed by atoms with Gasteiger partial charge in [-0.3, -0.25) is 14.4 Å². The fourth-order valence-corrected chi connectivity index (χ4v) is 8.74. The van der Waals surface area contributed by atoms with Crippen molar-refractivity contribution in [3.63, 3.8) is 0 Å². The second kappa shape index (κ2) is 58.7. The lowest BCUT2D eigenvalue weighted by Crippen LogP contribution is -2.30. The van der Waals surface area contributed by atoms with Gasteiger partial charge in [0.2, 0.25) is 0 Å². The van der Waals surface area contributed by atoms with Crippen LogP contribution in [0.4, 0.5) is 0 Å². The van der Waals surface area contributed by atoms with Crippen molar-refractivity contribution in [2.75, 3.05) is 13.2 Å². The first-order chi connectivity index (χ1) is 34.5. The third-order valence-corrected chi connectivity index (χ3v) is 13.3. The summed E-state index contributed by atoms with van der Waals surface area (Å²) >= 11 is 0. The van der Waals surface area contributed by atoms with Gasteiger partial charge in [-0.15, -0.1) is 0 Å². The summed E-state index contributed by atoms with van der Waals surface area (Å²) in [5.41, 5.74) is 0. The number of rotatable bonds is 55. The molecule has 0 bridgehead atoms. The van der Waals surface area contributed by atoms with Crippen molar-refractivity contribution in [3.05, 3.63) is 60.8 Å². The van der Waals surface area contributed by atoms with E-state index in [-0.39, 0.29) is 31.1 Å². The van der Waals surface area contributed by atoms with Crippen LogP contribution in [0.5, 0.6) is 0 Å². The minimum absolute atomic E-state index is 0.0806. The predicted molar refractivity (Wildman–Crippen MR) is 302 cm³/mol. The molecule has 0 saturated carbocycles.